The van der Waals surface area contributed by atoms with Crippen LogP contribution in [0.4, 0.5) is 0 Å². The van der Waals surface area contributed by atoms with Crippen LogP contribution in [-0.4, -0.2) is 38.6 Å². The topological polar surface area (TPSA) is 67.4 Å². The predicted molar refractivity (Wildman–Crippen MR) is 50.6 cm³/mol. The normalized spacial score (nSPS) is 17.5. The molecule has 1 amide bonds. The van der Waals surface area contributed by atoms with Gasteiger partial charge in [-0.1, -0.05) is 0 Å². The maximum Gasteiger partial charge on any atom is 0.396 e. The lowest BCUT2D eigenvalue weighted by Crippen LogP contribution is -2.39. The molecule has 5 heteroatoms. The zero-order valence-corrected chi connectivity index (χ0v) is 8.34. The van der Waals surface area contributed by atoms with Crippen LogP contribution in [0.15, 0.2) is 0 Å². The van der Waals surface area contributed by atoms with Crippen LogP contribution in [0.2, 0.25) is 0 Å². The minimum Gasteiger partial charge on any atom is -0.462 e. The van der Waals surface area contributed by atoms with Gasteiger partial charge < -0.3 is 15.4 Å². The van der Waals surface area contributed by atoms with Crippen LogP contribution < -0.4 is 10.6 Å². The first-order chi connectivity index (χ1) is 6.74. The quantitative estimate of drug-likeness (QED) is 0.456. The molecule has 0 radical (unpaired) electrons. The predicted octanol–water partition coefficient (Wildman–Crippen LogP) is -0.725. The third-order valence-electron chi connectivity index (χ3n) is 2.38. The zero-order valence-electron chi connectivity index (χ0n) is 8.34. The van der Waals surface area contributed by atoms with Gasteiger partial charge in [0, 0.05) is 6.54 Å². The summed E-state index contributed by atoms with van der Waals surface area (Å²) in [7, 11) is 1.20. The van der Waals surface area contributed by atoms with Crippen LogP contribution in [0.1, 0.15) is 12.8 Å². The highest BCUT2D eigenvalue weighted by Crippen LogP contribution is 2.09. The number of rotatable bonds is 2. The van der Waals surface area contributed by atoms with Crippen molar-refractivity contribution in [3.05, 3.63) is 0 Å². The molecule has 1 aliphatic rings. The van der Waals surface area contributed by atoms with Crippen molar-refractivity contribution < 1.29 is 14.3 Å². The molecule has 1 fully saturated rings. The van der Waals surface area contributed by atoms with Gasteiger partial charge >= 0.3 is 11.9 Å². The Morgan fingerprint density at radius 1 is 1.43 bits per heavy atom. The zero-order chi connectivity index (χ0) is 10.4. The minimum absolute atomic E-state index is 0.477. The van der Waals surface area contributed by atoms with E-state index in [0.29, 0.717) is 12.5 Å². The number of hydrogen-bond acceptors (Lipinski definition) is 4. The van der Waals surface area contributed by atoms with Gasteiger partial charge in [0.2, 0.25) is 0 Å². The molecular weight excluding hydrogens is 184 g/mol. The summed E-state index contributed by atoms with van der Waals surface area (Å²) in [4.78, 5) is 21.8. The van der Waals surface area contributed by atoms with E-state index < -0.39 is 11.9 Å². The minimum atomic E-state index is -0.820. The van der Waals surface area contributed by atoms with Gasteiger partial charge in [-0.25, -0.2) is 4.79 Å². The Morgan fingerprint density at radius 2 is 2.07 bits per heavy atom. The molecule has 0 aliphatic carbocycles. The molecule has 0 saturated carbocycles. The number of carbonyl (C=O) groups is 2. The van der Waals surface area contributed by atoms with E-state index in [0.717, 1.165) is 25.9 Å². The molecule has 14 heavy (non-hydrogen) atoms. The van der Waals surface area contributed by atoms with E-state index in [4.69, 9.17) is 0 Å². The van der Waals surface area contributed by atoms with Crippen LogP contribution in [0.25, 0.3) is 0 Å². The maximum absolute atomic E-state index is 11.0. The second kappa shape index (κ2) is 5.59. The first kappa shape index (κ1) is 11.0. The molecule has 0 aromatic heterocycles. The van der Waals surface area contributed by atoms with E-state index in [-0.39, 0.29) is 0 Å². The number of nitrogens with one attached hydrogen (secondary N) is 2. The Kier molecular flexibility index (Phi) is 4.39. The van der Waals surface area contributed by atoms with Crippen molar-refractivity contribution in [1.82, 2.24) is 10.6 Å². The number of esters is 1. The number of hydrogen-bond donors (Lipinski definition) is 2. The first-order valence-corrected chi connectivity index (χ1v) is 4.81. The molecule has 1 saturated heterocycles. The summed E-state index contributed by atoms with van der Waals surface area (Å²) in [6.45, 7) is 2.53. The van der Waals surface area contributed by atoms with Crippen LogP contribution >= 0.6 is 0 Å². The lowest BCUT2D eigenvalue weighted by molar-refractivity contribution is -0.152. The molecule has 0 aromatic rings. The van der Waals surface area contributed by atoms with Crippen LogP contribution in [0, 0.1) is 5.92 Å². The Balaban J connectivity index is 2.18. The number of methoxy groups -OCH3 is 1. The van der Waals surface area contributed by atoms with Gasteiger partial charge in [0.15, 0.2) is 0 Å². The third-order valence-corrected chi connectivity index (χ3v) is 2.38. The fraction of sp³-hybridized carbons (Fsp3) is 0.778. The van der Waals surface area contributed by atoms with Crippen molar-refractivity contribution in [1.29, 1.82) is 0 Å². The Hall–Kier alpha value is -1.10. The Labute approximate surface area is 83.2 Å². The molecule has 1 aliphatic heterocycles. The van der Waals surface area contributed by atoms with Crippen molar-refractivity contribution in [3.63, 3.8) is 0 Å². The third kappa shape index (κ3) is 3.33. The standard InChI is InChI=1S/C9H16N2O3/c1-14-9(13)8(12)11-6-7-2-4-10-5-3-7/h7,10H,2-6H2,1H3,(H,11,12). The van der Waals surface area contributed by atoms with Gasteiger partial charge in [0.1, 0.15) is 0 Å². The molecule has 0 spiro atoms. The molecule has 0 aromatic carbocycles. The summed E-state index contributed by atoms with van der Waals surface area (Å²) in [5.74, 6) is -0.991. The van der Waals surface area contributed by atoms with Crippen LogP contribution in [0.3, 0.4) is 0 Å². The average molecular weight is 200 g/mol. The lowest BCUT2D eigenvalue weighted by atomic mass is 9.98. The van der Waals surface area contributed by atoms with E-state index in [9.17, 15) is 9.59 Å². The van der Waals surface area contributed by atoms with Gasteiger partial charge in [-0.05, 0) is 31.8 Å². The summed E-state index contributed by atoms with van der Waals surface area (Å²) >= 11 is 0. The lowest BCUT2D eigenvalue weighted by Gasteiger charge is -2.22. The second-order valence-electron chi connectivity index (χ2n) is 3.39. The molecular formula is C9H16N2O3. The fourth-order valence-corrected chi connectivity index (χ4v) is 1.49. The van der Waals surface area contributed by atoms with Crippen molar-refractivity contribution >= 4 is 11.9 Å². The Bertz CT molecular complexity index is 212. The van der Waals surface area contributed by atoms with E-state index in [1.807, 2.05) is 0 Å². The van der Waals surface area contributed by atoms with Gasteiger partial charge in [0.25, 0.3) is 0 Å². The molecule has 0 unspecified atom stereocenters. The maximum atomic E-state index is 11.0. The molecule has 5 nitrogen and oxygen atoms in total. The van der Waals surface area contributed by atoms with Crippen LogP contribution in [0.5, 0.6) is 0 Å². The largest absolute Gasteiger partial charge is 0.462 e. The first-order valence-electron chi connectivity index (χ1n) is 4.81. The average Bonchev–Trinajstić information content (AvgIpc) is 2.26. The fourth-order valence-electron chi connectivity index (χ4n) is 1.49. The number of amides is 1. The number of ether oxygens (including phenoxy) is 1. The molecule has 1 rings (SSSR count). The van der Waals surface area contributed by atoms with E-state index >= 15 is 0 Å². The van der Waals surface area contributed by atoms with Crippen molar-refractivity contribution in [3.8, 4) is 0 Å². The van der Waals surface area contributed by atoms with E-state index in [2.05, 4.69) is 15.4 Å². The molecule has 0 atom stereocenters. The molecule has 80 valence electrons. The molecule has 0 bridgehead atoms. The van der Waals surface area contributed by atoms with Crippen molar-refractivity contribution in [2.75, 3.05) is 26.7 Å². The smallest absolute Gasteiger partial charge is 0.396 e. The van der Waals surface area contributed by atoms with Gasteiger partial charge in [-0.15, -0.1) is 0 Å². The summed E-state index contributed by atoms with van der Waals surface area (Å²) in [6, 6.07) is 0. The van der Waals surface area contributed by atoms with Gasteiger partial charge in [0.05, 0.1) is 7.11 Å². The monoisotopic (exact) mass is 200 g/mol. The van der Waals surface area contributed by atoms with Crippen LogP contribution in [-0.2, 0) is 14.3 Å². The second-order valence-corrected chi connectivity index (χ2v) is 3.39. The highest BCUT2D eigenvalue weighted by Gasteiger charge is 2.17. The highest BCUT2D eigenvalue weighted by molar-refractivity contribution is 6.32. The van der Waals surface area contributed by atoms with E-state index in [1.54, 1.807) is 0 Å². The summed E-state index contributed by atoms with van der Waals surface area (Å²) < 4.78 is 4.29. The van der Waals surface area contributed by atoms with Gasteiger partial charge in [-0.3, -0.25) is 4.79 Å². The molecule has 2 N–H and O–H groups in total. The Morgan fingerprint density at radius 3 is 2.64 bits per heavy atom. The van der Waals surface area contributed by atoms with E-state index in [1.165, 1.54) is 7.11 Å². The highest BCUT2D eigenvalue weighted by atomic mass is 16.5. The SMILES string of the molecule is COC(=O)C(=O)NCC1CCNCC1. The van der Waals surface area contributed by atoms with Gasteiger partial charge in [-0.2, -0.15) is 0 Å². The molecule has 1 heterocycles. The number of piperidine rings is 1. The number of carbonyl (C=O) groups excluding carboxylic acids is 2. The summed E-state index contributed by atoms with van der Waals surface area (Å²) in [5, 5.41) is 5.79. The van der Waals surface area contributed by atoms with Crippen molar-refractivity contribution in [2.45, 2.75) is 12.8 Å². The summed E-state index contributed by atoms with van der Waals surface area (Å²) in [5.41, 5.74) is 0. The van der Waals surface area contributed by atoms with Crippen molar-refractivity contribution in [2.24, 2.45) is 5.92 Å². The summed E-state index contributed by atoms with van der Waals surface area (Å²) in [6.07, 6.45) is 2.09.